The average Bonchev–Trinajstić information content (AvgIpc) is 3.25. The van der Waals surface area contributed by atoms with E-state index in [-0.39, 0.29) is 24.8 Å². The van der Waals surface area contributed by atoms with Crippen LogP contribution in [0.5, 0.6) is 0 Å². The Morgan fingerprint density at radius 3 is 2.38 bits per heavy atom. The van der Waals surface area contributed by atoms with E-state index in [1.54, 1.807) is 18.4 Å². The molecule has 0 unspecified atom stereocenters. The number of amides is 2. The van der Waals surface area contributed by atoms with Crippen molar-refractivity contribution in [3.05, 3.63) is 89.9 Å². The highest BCUT2D eigenvalue weighted by Crippen LogP contribution is 2.21. The lowest BCUT2D eigenvalue weighted by atomic mass is 10.0. The Balaban J connectivity index is 1.50. The number of carbonyl (C=O) groups excluding carboxylic acids is 2. The Labute approximate surface area is 165 Å². The molecule has 0 saturated carbocycles. The van der Waals surface area contributed by atoms with Gasteiger partial charge in [-0.1, -0.05) is 30.3 Å². The van der Waals surface area contributed by atoms with Gasteiger partial charge in [0.25, 0.3) is 0 Å². The van der Waals surface area contributed by atoms with Crippen LogP contribution in [0.1, 0.15) is 17.4 Å². The van der Waals surface area contributed by atoms with E-state index in [4.69, 9.17) is 4.42 Å². The molecule has 0 fully saturated rings. The van der Waals surface area contributed by atoms with Crippen LogP contribution in [0, 0.1) is 11.6 Å². The van der Waals surface area contributed by atoms with Crippen molar-refractivity contribution in [1.29, 1.82) is 0 Å². The number of nitrogens with one attached hydrogen (secondary N) is 3. The van der Waals surface area contributed by atoms with E-state index in [0.717, 1.165) is 17.7 Å². The number of furan rings is 1. The van der Waals surface area contributed by atoms with E-state index in [9.17, 15) is 18.4 Å². The fourth-order valence-electron chi connectivity index (χ4n) is 2.70. The third-order valence-corrected chi connectivity index (χ3v) is 4.08. The number of halogens is 2. The Morgan fingerprint density at radius 1 is 0.897 bits per heavy atom. The number of benzene rings is 2. The van der Waals surface area contributed by atoms with Gasteiger partial charge in [-0.15, -0.1) is 0 Å². The van der Waals surface area contributed by atoms with E-state index >= 15 is 0 Å². The van der Waals surface area contributed by atoms with Crippen LogP contribution >= 0.6 is 0 Å². The maximum atomic E-state index is 13.2. The average molecular weight is 399 g/mol. The summed E-state index contributed by atoms with van der Waals surface area (Å²) in [7, 11) is 0. The van der Waals surface area contributed by atoms with Gasteiger partial charge >= 0.3 is 0 Å². The van der Waals surface area contributed by atoms with E-state index in [0.29, 0.717) is 5.76 Å². The van der Waals surface area contributed by atoms with Crippen molar-refractivity contribution in [2.45, 2.75) is 6.04 Å². The Kier molecular flexibility index (Phi) is 6.70. The summed E-state index contributed by atoms with van der Waals surface area (Å²) in [6.07, 6.45) is 1.55. The summed E-state index contributed by atoms with van der Waals surface area (Å²) >= 11 is 0. The molecule has 2 aromatic carbocycles. The molecule has 1 aromatic heterocycles. The van der Waals surface area contributed by atoms with E-state index in [2.05, 4.69) is 16.0 Å². The molecule has 3 aromatic rings. The molecule has 1 heterocycles. The minimum Gasteiger partial charge on any atom is -0.467 e. The molecule has 0 aliphatic carbocycles. The van der Waals surface area contributed by atoms with Crippen LogP contribution < -0.4 is 16.0 Å². The lowest BCUT2D eigenvalue weighted by Crippen LogP contribution is -2.39. The maximum absolute atomic E-state index is 13.2. The van der Waals surface area contributed by atoms with Gasteiger partial charge in [0.15, 0.2) is 11.6 Å². The van der Waals surface area contributed by atoms with Gasteiger partial charge in [-0.2, -0.15) is 0 Å². The number of carbonyl (C=O) groups is 2. The molecule has 150 valence electrons. The van der Waals surface area contributed by atoms with Gasteiger partial charge in [-0.05, 0) is 29.8 Å². The largest absolute Gasteiger partial charge is 0.467 e. The normalized spacial score (nSPS) is 11.7. The predicted molar refractivity (Wildman–Crippen MR) is 103 cm³/mol. The molecule has 1 atom stereocenters. The fourth-order valence-corrected chi connectivity index (χ4v) is 2.70. The third kappa shape index (κ3) is 5.73. The van der Waals surface area contributed by atoms with Crippen LogP contribution in [0.3, 0.4) is 0 Å². The zero-order valence-corrected chi connectivity index (χ0v) is 15.3. The second-order valence-corrected chi connectivity index (χ2v) is 6.19. The highest BCUT2D eigenvalue weighted by atomic mass is 19.2. The van der Waals surface area contributed by atoms with Crippen LogP contribution in [0.15, 0.2) is 71.3 Å². The van der Waals surface area contributed by atoms with Crippen molar-refractivity contribution >= 4 is 17.5 Å². The first kappa shape index (κ1) is 20.2. The van der Waals surface area contributed by atoms with Crippen LogP contribution in [0.4, 0.5) is 14.5 Å². The van der Waals surface area contributed by atoms with Crippen molar-refractivity contribution in [2.24, 2.45) is 0 Å². The SMILES string of the molecule is O=C(CN[C@H](c1ccccc1)c1ccco1)NCC(=O)Nc1ccc(F)c(F)c1. The molecule has 6 nitrogen and oxygen atoms in total. The van der Waals surface area contributed by atoms with Gasteiger partial charge in [0.1, 0.15) is 5.76 Å². The molecule has 0 saturated heterocycles. The number of hydrogen-bond donors (Lipinski definition) is 3. The third-order valence-electron chi connectivity index (χ3n) is 4.08. The predicted octanol–water partition coefficient (Wildman–Crippen LogP) is 2.99. The summed E-state index contributed by atoms with van der Waals surface area (Å²) in [5.41, 5.74) is 1.02. The van der Waals surface area contributed by atoms with Gasteiger partial charge in [0, 0.05) is 11.8 Å². The standard InChI is InChI=1S/C21H19F2N3O3/c22-16-9-8-15(11-17(16)23)26-20(28)13-24-19(27)12-25-21(18-7-4-10-29-18)14-5-2-1-3-6-14/h1-11,21,25H,12-13H2,(H,24,27)(H,26,28)/t21-/m1/s1. The molecule has 0 aliphatic rings. The number of rotatable bonds is 8. The molecule has 3 N–H and O–H groups in total. The van der Waals surface area contributed by atoms with Crippen molar-refractivity contribution in [1.82, 2.24) is 10.6 Å². The Bertz CT molecular complexity index is 963. The van der Waals surface area contributed by atoms with Crippen LogP contribution in [0.2, 0.25) is 0 Å². The molecule has 8 heteroatoms. The monoisotopic (exact) mass is 399 g/mol. The van der Waals surface area contributed by atoms with Gasteiger partial charge in [-0.25, -0.2) is 8.78 Å². The summed E-state index contributed by atoms with van der Waals surface area (Å²) < 4.78 is 31.5. The van der Waals surface area contributed by atoms with Gasteiger partial charge in [0.05, 0.1) is 25.4 Å². The minimum atomic E-state index is -1.07. The van der Waals surface area contributed by atoms with Crippen molar-refractivity contribution in [3.8, 4) is 0 Å². The zero-order chi connectivity index (χ0) is 20.6. The number of hydrogen-bond acceptors (Lipinski definition) is 4. The lowest BCUT2D eigenvalue weighted by Gasteiger charge is -2.17. The molecule has 2 amide bonds. The quantitative estimate of drug-likeness (QED) is 0.544. The molecular weight excluding hydrogens is 380 g/mol. The summed E-state index contributed by atoms with van der Waals surface area (Å²) in [5, 5.41) is 7.95. The fraction of sp³-hybridized carbons (Fsp3) is 0.143. The molecule has 3 rings (SSSR count). The van der Waals surface area contributed by atoms with Crippen molar-refractivity contribution < 1.29 is 22.8 Å². The van der Waals surface area contributed by atoms with Crippen LogP contribution in [-0.2, 0) is 9.59 Å². The summed E-state index contributed by atoms with van der Waals surface area (Å²) in [6, 6.07) is 15.7. The summed E-state index contributed by atoms with van der Waals surface area (Å²) in [4.78, 5) is 24.0. The highest BCUT2D eigenvalue weighted by Gasteiger charge is 2.17. The van der Waals surface area contributed by atoms with Crippen LogP contribution in [-0.4, -0.2) is 24.9 Å². The molecule has 0 radical (unpaired) electrons. The highest BCUT2D eigenvalue weighted by molar-refractivity contribution is 5.94. The second-order valence-electron chi connectivity index (χ2n) is 6.19. The van der Waals surface area contributed by atoms with Crippen molar-refractivity contribution in [2.75, 3.05) is 18.4 Å². The molecule has 29 heavy (non-hydrogen) atoms. The zero-order valence-electron chi connectivity index (χ0n) is 15.3. The first-order valence-electron chi connectivity index (χ1n) is 8.86. The van der Waals surface area contributed by atoms with Gasteiger partial charge in [-0.3, -0.25) is 14.9 Å². The van der Waals surface area contributed by atoms with E-state index < -0.39 is 23.4 Å². The molecule has 0 aliphatic heterocycles. The Morgan fingerprint density at radius 2 is 1.69 bits per heavy atom. The first-order valence-corrected chi connectivity index (χ1v) is 8.86. The number of anilines is 1. The maximum Gasteiger partial charge on any atom is 0.243 e. The van der Waals surface area contributed by atoms with Gasteiger partial charge in [0.2, 0.25) is 11.8 Å². The van der Waals surface area contributed by atoms with E-state index in [1.165, 1.54) is 6.07 Å². The van der Waals surface area contributed by atoms with Crippen LogP contribution in [0.25, 0.3) is 0 Å². The van der Waals surface area contributed by atoms with Crippen molar-refractivity contribution in [3.63, 3.8) is 0 Å². The first-order chi connectivity index (χ1) is 14.0. The minimum absolute atomic E-state index is 0.0568. The summed E-state index contributed by atoms with van der Waals surface area (Å²) in [6.45, 7) is -0.366. The topological polar surface area (TPSA) is 83.4 Å². The summed E-state index contributed by atoms with van der Waals surface area (Å²) in [5.74, 6) is -2.39. The van der Waals surface area contributed by atoms with Gasteiger partial charge < -0.3 is 15.1 Å². The van der Waals surface area contributed by atoms with E-state index in [1.807, 2.05) is 30.3 Å². The second kappa shape index (κ2) is 9.61. The Hall–Kier alpha value is -3.52. The molecular formula is C21H19F2N3O3. The lowest BCUT2D eigenvalue weighted by molar-refractivity contribution is -0.123. The smallest absolute Gasteiger partial charge is 0.243 e. The molecule has 0 bridgehead atoms. The molecule has 0 spiro atoms.